The van der Waals surface area contributed by atoms with Gasteiger partial charge >= 0.3 is 6.09 Å². The van der Waals surface area contributed by atoms with Gasteiger partial charge in [0.15, 0.2) is 0 Å². The number of halogens is 1. The molecule has 3 rings (SSSR count). The summed E-state index contributed by atoms with van der Waals surface area (Å²) >= 11 is 0. The number of hydrogen-bond acceptors (Lipinski definition) is 3. The van der Waals surface area contributed by atoms with Gasteiger partial charge in [0.1, 0.15) is 5.82 Å². The predicted molar refractivity (Wildman–Crippen MR) is 69.7 cm³/mol. The summed E-state index contributed by atoms with van der Waals surface area (Å²) in [6.45, 7) is 1.09. The van der Waals surface area contributed by atoms with Crippen molar-refractivity contribution in [3.8, 4) is 0 Å². The van der Waals surface area contributed by atoms with Crippen LogP contribution < -0.4 is 10.6 Å². The molecule has 102 valence electrons. The van der Waals surface area contributed by atoms with E-state index in [4.69, 9.17) is 5.73 Å². The Kier molecular flexibility index (Phi) is 2.73. The lowest BCUT2D eigenvalue weighted by atomic mass is 10.1. The Morgan fingerprint density at radius 2 is 1.95 bits per heavy atom. The van der Waals surface area contributed by atoms with Crippen LogP contribution in [-0.4, -0.2) is 41.3 Å². The lowest BCUT2D eigenvalue weighted by molar-refractivity contribution is 0.114. The van der Waals surface area contributed by atoms with Crippen LogP contribution in [0.5, 0.6) is 0 Å². The molecule has 2 heterocycles. The van der Waals surface area contributed by atoms with Crippen molar-refractivity contribution in [3.05, 3.63) is 24.0 Å². The lowest BCUT2D eigenvalue weighted by Gasteiger charge is -2.40. The zero-order valence-electron chi connectivity index (χ0n) is 10.4. The highest BCUT2D eigenvalue weighted by Gasteiger charge is 2.43. The minimum absolute atomic E-state index is 0.0341. The van der Waals surface area contributed by atoms with Gasteiger partial charge in [-0.25, -0.2) is 9.18 Å². The van der Waals surface area contributed by atoms with Crippen LogP contribution in [0.4, 0.5) is 20.6 Å². The second kappa shape index (κ2) is 4.29. The Hall–Kier alpha value is -1.98. The van der Waals surface area contributed by atoms with Crippen molar-refractivity contribution in [2.75, 3.05) is 23.7 Å². The fraction of sp³-hybridized carbons (Fsp3) is 0.462. The number of rotatable bonds is 1. The molecule has 2 aliphatic heterocycles. The Bertz CT molecular complexity index is 509. The topological polar surface area (TPSA) is 69.8 Å². The minimum atomic E-state index is -0.870. The van der Waals surface area contributed by atoms with Crippen LogP contribution in [0.3, 0.4) is 0 Å². The number of nitrogen functional groups attached to an aromatic ring is 1. The average Bonchev–Trinajstić information content (AvgIpc) is 2.61. The summed E-state index contributed by atoms with van der Waals surface area (Å²) in [4.78, 5) is 14.6. The van der Waals surface area contributed by atoms with Gasteiger partial charge in [0, 0.05) is 18.8 Å². The summed E-state index contributed by atoms with van der Waals surface area (Å²) < 4.78 is 13.9. The lowest BCUT2D eigenvalue weighted by Crippen LogP contribution is -2.55. The van der Waals surface area contributed by atoms with E-state index in [1.165, 1.54) is 11.0 Å². The summed E-state index contributed by atoms with van der Waals surface area (Å²) in [6, 6.07) is 4.58. The number of piperazine rings is 1. The molecular formula is C13H16FN3O2. The normalized spacial score (nSPS) is 25.7. The number of nitrogens with zero attached hydrogens (tertiary/aromatic N) is 2. The van der Waals surface area contributed by atoms with Gasteiger partial charge in [0.25, 0.3) is 0 Å². The largest absolute Gasteiger partial charge is 0.465 e. The van der Waals surface area contributed by atoms with Crippen molar-refractivity contribution < 1.29 is 14.3 Å². The fourth-order valence-corrected chi connectivity index (χ4v) is 3.19. The number of benzene rings is 1. The van der Waals surface area contributed by atoms with Gasteiger partial charge in [-0.3, -0.25) is 4.90 Å². The number of amides is 1. The molecule has 0 spiro atoms. The van der Waals surface area contributed by atoms with E-state index < -0.39 is 6.09 Å². The van der Waals surface area contributed by atoms with Crippen LogP contribution >= 0.6 is 0 Å². The van der Waals surface area contributed by atoms with Gasteiger partial charge in [-0.2, -0.15) is 0 Å². The Balaban J connectivity index is 1.84. The Morgan fingerprint density at radius 3 is 2.47 bits per heavy atom. The smallest absolute Gasteiger partial charge is 0.407 e. The van der Waals surface area contributed by atoms with Crippen LogP contribution in [0.25, 0.3) is 0 Å². The van der Waals surface area contributed by atoms with Gasteiger partial charge in [0.05, 0.1) is 17.8 Å². The van der Waals surface area contributed by atoms with Crippen molar-refractivity contribution in [2.45, 2.75) is 24.9 Å². The maximum atomic E-state index is 13.9. The van der Waals surface area contributed by atoms with Gasteiger partial charge < -0.3 is 15.7 Å². The highest BCUT2D eigenvalue weighted by Crippen LogP contribution is 2.33. The molecule has 5 nitrogen and oxygen atoms in total. The highest BCUT2D eigenvalue weighted by molar-refractivity contribution is 5.67. The summed E-state index contributed by atoms with van der Waals surface area (Å²) in [5.41, 5.74) is 6.45. The van der Waals surface area contributed by atoms with Crippen LogP contribution in [-0.2, 0) is 0 Å². The first-order valence-corrected chi connectivity index (χ1v) is 6.37. The van der Waals surface area contributed by atoms with Gasteiger partial charge in [-0.1, -0.05) is 0 Å². The van der Waals surface area contributed by atoms with Crippen molar-refractivity contribution in [1.29, 1.82) is 0 Å². The van der Waals surface area contributed by atoms with E-state index in [0.29, 0.717) is 24.5 Å². The van der Waals surface area contributed by atoms with E-state index in [1.807, 2.05) is 4.90 Å². The number of anilines is 2. The highest BCUT2D eigenvalue weighted by atomic mass is 19.1. The summed E-state index contributed by atoms with van der Waals surface area (Å²) in [5.74, 6) is -0.344. The molecule has 2 atom stereocenters. The van der Waals surface area contributed by atoms with Crippen LogP contribution in [0.15, 0.2) is 18.2 Å². The molecule has 2 bridgehead atoms. The van der Waals surface area contributed by atoms with Crippen LogP contribution in [0.2, 0.25) is 0 Å². The Morgan fingerprint density at radius 1 is 1.32 bits per heavy atom. The third kappa shape index (κ3) is 1.97. The second-order valence-corrected chi connectivity index (χ2v) is 5.19. The molecule has 19 heavy (non-hydrogen) atoms. The maximum absolute atomic E-state index is 13.9. The molecule has 0 saturated carbocycles. The standard InChI is InChI=1S/C13H16FN3O2/c14-11-5-8(15)1-4-12(11)16-6-9-2-3-10(7-16)17(9)13(18)19/h1,4-5,9-10H,2-3,6-7,15H2,(H,18,19). The van der Waals surface area contributed by atoms with Crippen molar-refractivity contribution in [3.63, 3.8) is 0 Å². The number of carbonyl (C=O) groups is 1. The molecular weight excluding hydrogens is 249 g/mol. The SMILES string of the molecule is Nc1ccc(N2CC3CCC(C2)N3C(=O)O)c(F)c1. The van der Waals surface area contributed by atoms with Gasteiger partial charge in [-0.15, -0.1) is 0 Å². The van der Waals surface area contributed by atoms with E-state index in [2.05, 4.69) is 0 Å². The van der Waals surface area contributed by atoms with E-state index >= 15 is 0 Å². The molecule has 1 aromatic rings. The van der Waals surface area contributed by atoms with E-state index in [-0.39, 0.29) is 17.9 Å². The van der Waals surface area contributed by atoms with E-state index in [0.717, 1.165) is 12.8 Å². The first kappa shape index (κ1) is 12.1. The van der Waals surface area contributed by atoms with Crippen LogP contribution in [0.1, 0.15) is 12.8 Å². The molecule has 0 aromatic heterocycles. The zero-order valence-corrected chi connectivity index (χ0v) is 10.4. The van der Waals surface area contributed by atoms with Crippen molar-refractivity contribution >= 4 is 17.5 Å². The number of hydrogen-bond donors (Lipinski definition) is 2. The molecule has 0 radical (unpaired) electrons. The molecule has 0 aliphatic carbocycles. The molecule has 3 N–H and O–H groups in total. The zero-order chi connectivity index (χ0) is 13.6. The third-order valence-electron chi connectivity index (χ3n) is 4.02. The molecule has 2 unspecified atom stereocenters. The van der Waals surface area contributed by atoms with E-state index in [1.54, 1.807) is 12.1 Å². The minimum Gasteiger partial charge on any atom is -0.465 e. The number of nitrogens with two attached hydrogens (primary N) is 1. The third-order valence-corrected chi connectivity index (χ3v) is 4.02. The summed E-state index contributed by atoms with van der Waals surface area (Å²) in [7, 11) is 0. The van der Waals surface area contributed by atoms with Gasteiger partial charge in [0.2, 0.25) is 0 Å². The van der Waals surface area contributed by atoms with Gasteiger partial charge in [-0.05, 0) is 31.0 Å². The predicted octanol–water partition coefficient (Wildman–Crippen LogP) is 1.74. The first-order chi connectivity index (χ1) is 9.06. The molecule has 6 heteroatoms. The molecule has 2 saturated heterocycles. The Labute approximate surface area is 110 Å². The summed E-state index contributed by atoms with van der Waals surface area (Å²) in [5, 5.41) is 9.18. The monoisotopic (exact) mass is 265 g/mol. The average molecular weight is 265 g/mol. The van der Waals surface area contributed by atoms with Crippen LogP contribution in [0, 0.1) is 5.82 Å². The fourth-order valence-electron chi connectivity index (χ4n) is 3.19. The first-order valence-electron chi connectivity index (χ1n) is 6.37. The molecule has 2 aliphatic rings. The molecule has 1 aromatic carbocycles. The summed E-state index contributed by atoms with van der Waals surface area (Å²) in [6.07, 6.45) is 0.832. The molecule has 2 fully saturated rings. The van der Waals surface area contributed by atoms with E-state index in [9.17, 15) is 14.3 Å². The number of carboxylic acid groups (broad SMARTS) is 1. The van der Waals surface area contributed by atoms with Crippen molar-refractivity contribution in [2.24, 2.45) is 0 Å². The van der Waals surface area contributed by atoms with Crippen molar-refractivity contribution in [1.82, 2.24) is 4.90 Å². The quantitative estimate of drug-likeness (QED) is 0.759. The maximum Gasteiger partial charge on any atom is 0.407 e. The second-order valence-electron chi connectivity index (χ2n) is 5.19. The molecule has 1 amide bonds. The number of fused-ring (bicyclic) bond motifs is 2.